The lowest BCUT2D eigenvalue weighted by Gasteiger charge is -2.11. The maximum atomic E-state index is 12.6. The molecule has 1 aliphatic rings. The lowest BCUT2D eigenvalue weighted by atomic mass is 10.1. The Labute approximate surface area is 170 Å². The standard InChI is InChI=1S/C21H20N4O3S/c1-25-13-5-10-20(25)24-29(27,28)19-9-4-8-18(14-19)23-21(26)12-11-16-6-2-3-7-17(16)15-22/h2-4,6-9,11-12,14H,5,10,13H2,1H3,(H,23,26)/b12-11+,24-20+. The minimum absolute atomic E-state index is 0.0157. The first kappa shape index (κ1) is 20.3. The van der Waals surface area contributed by atoms with Crippen LogP contribution in [0.1, 0.15) is 24.0 Å². The molecule has 1 fully saturated rings. The van der Waals surface area contributed by atoms with E-state index in [1.807, 2.05) is 11.9 Å². The Balaban J connectivity index is 1.75. The Morgan fingerprint density at radius 1 is 1.24 bits per heavy atom. The summed E-state index contributed by atoms with van der Waals surface area (Å²) >= 11 is 0. The molecule has 0 spiro atoms. The van der Waals surface area contributed by atoms with Gasteiger partial charge in [0.15, 0.2) is 0 Å². The third-order valence-corrected chi connectivity index (χ3v) is 5.76. The number of amides is 1. The summed E-state index contributed by atoms with van der Waals surface area (Å²) in [7, 11) is -2.04. The topological polar surface area (TPSA) is 103 Å². The van der Waals surface area contributed by atoms with Crippen LogP contribution in [0.15, 0.2) is 63.9 Å². The second-order valence-electron chi connectivity index (χ2n) is 6.56. The number of carbonyl (C=O) groups is 1. The van der Waals surface area contributed by atoms with E-state index in [1.54, 1.807) is 36.4 Å². The molecular formula is C21H20N4O3S. The zero-order chi connectivity index (χ0) is 20.9. The zero-order valence-corrected chi connectivity index (χ0v) is 16.7. The van der Waals surface area contributed by atoms with Crippen LogP contribution in [0.25, 0.3) is 6.08 Å². The molecular weight excluding hydrogens is 388 g/mol. The molecule has 148 valence electrons. The monoisotopic (exact) mass is 408 g/mol. The summed E-state index contributed by atoms with van der Waals surface area (Å²) < 4.78 is 29.1. The van der Waals surface area contributed by atoms with Gasteiger partial charge in [0.05, 0.1) is 16.5 Å². The van der Waals surface area contributed by atoms with Crippen LogP contribution >= 0.6 is 0 Å². The molecule has 1 N–H and O–H groups in total. The van der Waals surface area contributed by atoms with E-state index < -0.39 is 15.9 Å². The first-order valence-corrected chi connectivity index (χ1v) is 10.5. The minimum atomic E-state index is -3.86. The van der Waals surface area contributed by atoms with Crippen LogP contribution in [0.5, 0.6) is 0 Å². The molecule has 1 saturated heterocycles. The molecule has 0 bridgehead atoms. The molecule has 7 nitrogen and oxygen atoms in total. The molecule has 29 heavy (non-hydrogen) atoms. The summed E-state index contributed by atoms with van der Waals surface area (Å²) in [5.41, 5.74) is 1.42. The second kappa shape index (κ2) is 8.71. The van der Waals surface area contributed by atoms with Gasteiger partial charge in [-0.2, -0.15) is 13.7 Å². The van der Waals surface area contributed by atoms with Gasteiger partial charge in [-0.3, -0.25) is 4.79 Å². The Hall–Kier alpha value is -3.44. The maximum Gasteiger partial charge on any atom is 0.284 e. The highest BCUT2D eigenvalue weighted by atomic mass is 32.2. The van der Waals surface area contributed by atoms with Crippen LogP contribution in [-0.4, -0.2) is 38.7 Å². The van der Waals surface area contributed by atoms with Crippen molar-refractivity contribution >= 4 is 33.5 Å². The number of nitriles is 1. The van der Waals surface area contributed by atoms with Crippen molar-refractivity contribution in [3.05, 3.63) is 65.7 Å². The first-order valence-electron chi connectivity index (χ1n) is 9.02. The van der Waals surface area contributed by atoms with Gasteiger partial charge in [0.1, 0.15) is 5.84 Å². The summed E-state index contributed by atoms with van der Waals surface area (Å²) in [5, 5.41) is 11.7. The third kappa shape index (κ3) is 5.09. The molecule has 8 heteroatoms. The van der Waals surface area contributed by atoms with Crippen LogP contribution < -0.4 is 5.32 Å². The third-order valence-electron chi connectivity index (χ3n) is 4.46. The molecule has 1 heterocycles. The van der Waals surface area contributed by atoms with Crippen molar-refractivity contribution in [1.82, 2.24) is 4.90 Å². The molecule has 2 aromatic rings. The maximum absolute atomic E-state index is 12.6. The number of hydrogen-bond donors (Lipinski definition) is 1. The lowest BCUT2D eigenvalue weighted by Crippen LogP contribution is -2.20. The predicted octanol–water partition coefficient (Wildman–Crippen LogP) is 3.02. The van der Waals surface area contributed by atoms with Crippen molar-refractivity contribution in [3.8, 4) is 6.07 Å². The van der Waals surface area contributed by atoms with Crippen LogP contribution in [-0.2, 0) is 14.8 Å². The number of anilines is 1. The summed E-state index contributed by atoms with van der Waals surface area (Å²) in [6.45, 7) is 0.783. The van der Waals surface area contributed by atoms with E-state index in [0.29, 0.717) is 29.1 Å². The number of amidine groups is 1. The van der Waals surface area contributed by atoms with Crippen LogP contribution in [0.2, 0.25) is 0 Å². The Kier molecular flexibility index (Phi) is 6.10. The van der Waals surface area contributed by atoms with E-state index in [4.69, 9.17) is 5.26 Å². The number of nitrogens with zero attached hydrogens (tertiary/aromatic N) is 3. The van der Waals surface area contributed by atoms with Crippen molar-refractivity contribution in [2.24, 2.45) is 4.40 Å². The van der Waals surface area contributed by atoms with Crippen molar-refractivity contribution in [2.75, 3.05) is 18.9 Å². The SMILES string of the molecule is CN1CCC/C1=N\S(=O)(=O)c1cccc(NC(=O)/C=C/c2ccccc2C#N)c1. The van der Waals surface area contributed by atoms with Gasteiger partial charge in [-0.25, -0.2) is 0 Å². The van der Waals surface area contributed by atoms with E-state index in [2.05, 4.69) is 15.8 Å². The molecule has 3 rings (SSSR count). The molecule has 1 amide bonds. The predicted molar refractivity (Wildman–Crippen MR) is 112 cm³/mol. The van der Waals surface area contributed by atoms with Gasteiger partial charge >= 0.3 is 0 Å². The summed E-state index contributed by atoms with van der Waals surface area (Å²) in [5.74, 6) is 0.104. The number of nitrogens with one attached hydrogen (secondary N) is 1. The average Bonchev–Trinajstić information content (AvgIpc) is 3.10. The van der Waals surface area contributed by atoms with Crippen LogP contribution in [0.3, 0.4) is 0 Å². The number of carbonyl (C=O) groups excluding carboxylic acids is 1. The number of hydrogen-bond acceptors (Lipinski definition) is 4. The largest absolute Gasteiger partial charge is 0.362 e. The van der Waals surface area contributed by atoms with Crippen LogP contribution in [0, 0.1) is 11.3 Å². The van der Waals surface area contributed by atoms with E-state index in [1.165, 1.54) is 24.3 Å². The normalized spacial score (nSPS) is 15.6. The number of rotatable bonds is 5. The fraction of sp³-hybridized carbons (Fsp3) is 0.190. The molecule has 0 radical (unpaired) electrons. The van der Waals surface area contributed by atoms with Gasteiger partial charge in [-0.05, 0) is 42.3 Å². The molecule has 0 saturated carbocycles. The van der Waals surface area contributed by atoms with E-state index in [0.717, 1.165) is 13.0 Å². The molecule has 0 aromatic heterocycles. The van der Waals surface area contributed by atoms with E-state index in [-0.39, 0.29) is 4.90 Å². The van der Waals surface area contributed by atoms with Gasteiger partial charge in [-0.15, -0.1) is 4.40 Å². The Morgan fingerprint density at radius 2 is 2.03 bits per heavy atom. The molecule has 2 aromatic carbocycles. The molecule has 0 aliphatic carbocycles. The Bertz CT molecular complexity index is 1130. The van der Waals surface area contributed by atoms with Crippen LogP contribution in [0.4, 0.5) is 5.69 Å². The Morgan fingerprint density at radius 3 is 2.76 bits per heavy atom. The number of likely N-dealkylation sites (tertiary alicyclic amines) is 1. The smallest absolute Gasteiger partial charge is 0.284 e. The lowest BCUT2D eigenvalue weighted by molar-refractivity contribution is -0.111. The number of sulfonamides is 1. The quantitative estimate of drug-likeness (QED) is 0.766. The van der Waals surface area contributed by atoms with Gasteiger partial charge < -0.3 is 10.2 Å². The fourth-order valence-electron chi connectivity index (χ4n) is 2.93. The first-order chi connectivity index (χ1) is 13.9. The summed E-state index contributed by atoms with van der Waals surface area (Å²) in [6.07, 6.45) is 4.34. The van der Waals surface area contributed by atoms with Crippen molar-refractivity contribution in [3.63, 3.8) is 0 Å². The highest BCUT2D eigenvalue weighted by molar-refractivity contribution is 7.90. The number of benzene rings is 2. The average molecular weight is 408 g/mol. The zero-order valence-electron chi connectivity index (χ0n) is 15.9. The van der Waals surface area contributed by atoms with E-state index in [9.17, 15) is 13.2 Å². The minimum Gasteiger partial charge on any atom is -0.362 e. The van der Waals surface area contributed by atoms with Crippen molar-refractivity contribution in [1.29, 1.82) is 5.26 Å². The summed E-state index contributed by atoms with van der Waals surface area (Å²) in [6, 6.07) is 14.9. The second-order valence-corrected chi connectivity index (χ2v) is 8.16. The highest BCUT2D eigenvalue weighted by Gasteiger charge is 2.20. The van der Waals surface area contributed by atoms with Gasteiger partial charge in [0.25, 0.3) is 10.0 Å². The summed E-state index contributed by atoms with van der Waals surface area (Å²) in [4.78, 5) is 14.0. The fourth-order valence-corrected chi connectivity index (χ4v) is 4.07. The molecule has 0 unspecified atom stereocenters. The molecule has 0 atom stereocenters. The van der Waals surface area contributed by atoms with Crippen molar-refractivity contribution in [2.45, 2.75) is 17.7 Å². The van der Waals surface area contributed by atoms with Crippen molar-refractivity contribution < 1.29 is 13.2 Å². The van der Waals surface area contributed by atoms with E-state index >= 15 is 0 Å². The molecule has 1 aliphatic heterocycles. The highest BCUT2D eigenvalue weighted by Crippen LogP contribution is 2.20. The van der Waals surface area contributed by atoms with Gasteiger partial charge in [-0.1, -0.05) is 24.3 Å². The van der Waals surface area contributed by atoms with Gasteiger partial charge in [0.2, 0.25) is 5.91 Å². The van der Waals surface area contributed by atoms with Gasteiger partial charge in [0, 0.05) is 31.8 Å².